The summed E-state index contributed by atoms with van der Waals surface area (Å²) in [5.74, 6) is 4.56. The van der Waals surface area contributed by atoms with Gasteiger partial charge in [0.1, 0.15) is 34.6 Å². The van der Waals surface area contributed by atoms with Gasteiger partial charge in [-0.3, -0.25) is 19.1 Å². The summed E-state index contributed by atoms with van der Waals surface area (Å²) in [5.41, 5.74) is 7.51. The summed E-state index contributed by atoms with van der Waals surface area (Å²) in [4.78, 5) is 18.9. The predicted octanol–water partition coefficient (Wildman–Crippen LogP) is 12.4. The van der Waals surface area contributed by atoms with Crippen LogP contribution in [0.1, 0.15) is 0 Å². The van der Waals surface area contributed by atoms with Gasteiger partial charge < -0.3 is 9.47 Å². The zero-order valence-electron chi connectivity index (χ0n) is 31.0. The molecule has 0 aliphatic rings. The van der Waals surface area contributed by atoms with E-state index in [-0.39, 0.29) is 0 Å². The van der Waals surface area contributed by atoms with Crippen LogP contribution in [0.3, 0.4) is 0 Å². The number of rotatable bonds is 8. The van der Waals surface area contributed by atoms with Gasteiger partial charge in [0.25, 0.3) is 0 Å². The number of fused-ring (bicyclic) bond motifs is 6. The van der Waals surface area contributed by atoms with Crippen molar-refractivity contribution < 1.29 is 9.47 Å². The first-order valence-electron chi connectivity index (χ1n) is 19.0. The van der Waals surface area contributed by atoms with Crippen molar-refractivity contribution in [2.24, 2.45) is 0 Å². The van der Waals surface area contributed by atoms with Crippen molar-refractivity contribution in [2.75, 3.05) is 0 Å². The van der Waals surface area contributed by atoms with Crippen LogP contribution in [0.25, 0.3) is 77.8 Å². The first-order valence-corrected chi connectivity index (χ1v) is 19.0. The topological polar surface area (TPSA) is 79.9 Å². The Morgan fingerprint density at radius 3 is 1.21 bits per heavy atom. The molecule has 58 heavy (non-hydrogen) atoms. The summed E-state index contributed by atoms with van der Waals surface area (Å²) in [5, 5.41) is 4.60. The van der Waals surface area contributed by atoms with E-state index in [2.05, 4.69) is 91.9 Å². The van der Waals surface area contributed by atoms with Crippen LogP contribution in [0.5, 0.6) is 23.0 Å². The van der Waals surface area contributed by atoms with Gasteiger partial charge in [-0.25, -0.2) is 9.97 Å². The van der Waals surface area contributed by atoms with Gasteiger partial charge in [0.15, 0.2) is 0 Å². The van der Waals surface area contributed by atoms with Crippen molar-refractivity contribution in [2.45, 2.75) is 0 Å². The number of benzene rings is 6. The number of hydrogen-bond acceptors (Lipinski definition) is 6. The zero-order valence-corrected chi connectivity index (χ0v) is 31.0. The van der Waals surface area contributed by atoms with E-state index in [1.54, 1.807) is 12.4 Å². The third kappa shape index (κ3) is 5.88. The first-order chi connectivity index (χ1) is 28.7. The van der Waals surface area contributed by atoms with Crippen molar-refractivity contribution in [3.63, 3.8) is 0 Å². The van der Waals surface area contributed by atoms with Gasteiger partial charge in [0, 0.05) is 57.2 Å². The summed E-state index contributed by atoms with van der Waals surface area (Å²) in [6.45, 7) is 0. The first kappa shape index (κ1) is 33.3. The third-order valence-electron chi connectivity index (χ3n) is 10.4. The fraction of sp³-hybridized carbons (Fsp3) is 0. The van der Waals surface area contributed by atoms with Gasteiger partial charge in [-0.15, -0.1) is 0 Å². The number of nitrogens with zero attached hydrogens (tertiary/aromatic N) is 6. The van der Waals surface area contributed by atoms with E-state index < -0.39 is 0 Å². The lowest BCUT2D eigenvalue weighted by atomic mass is 10.1. The van der Waals surface area contributed by atoms with Crippen LogP contribution in [0.15, 0.2) is 195 Å². The second kappa shape index (κ2) is 13.9. The highest BCUT2D eigenvalue weighted by Gasteiger charge is 2.16. The van der Waals surface area contributed by atoms with E-state index >= 15 is 0 Å². The highest BCUT2D eigenvalue weighted by atomic mass is 16.5. The van der Waals surface area contributed by atoms with Gasteiger partial charge in [-0.1, -0.05) is 72.8 Å². The molecule has 11 aromatic rings. The van der Waals surface area contributed by atoms with Crippen molar-refractivity contribution in [3.05, 3.63) is 195 Å². The number of ether oxygens (including phenoxy) is 2. The van der Waals surface area contributed by atoms with Crippen LogP contribution in [0.4, 0.5) is 0 Å². The summed E-state index contributed by atoms with van der Waals surface area (Å²) in [6, 6.07) is 56.9. The van der Waals surface area contributed by atoms with Crippen LogP contribution in [0, 0.1) is 0 Å². The quantitative estimate of drug-likeness (QED) is 0.154. The Labute approximate surface area is 332 Å². The number of hydrogen-bond donors (Lipinski definition) is 0. The molecule has 5 aromatic heterocycles. The normalized spacial score (nSPS) is 11.4. The fourth-order valence-corrected chi connectivity index (χ4v) is 7.83. The van der Waals surface area contributed by atoms with E-state index in [4.69, 9.17) is 19.4 Å². The largest absolute Gasteiger partial charge is 0.457 e. The molecule has 0 bridgehead atoms. The van der Waals surface area contributed by atoms with Gasteiger partial charge >= 0.3 is 0 Å². The average molecular weight is 749 g/mol. The fourth-order valence-electron chi connectivity index (χ4n) is 7.83. The van der Waals surface area contributed by atoms with Gasteiger partial charge in [0.05, 0.1) is 45.8 Å². The monoisotopic (exact) mass is 748 g/mol. The standard InChI is InChI=1S/C50H32N6O2/c1-3-17-45-39(15-1)41-23-21-37(29-47(41)55(45)49-19-5-7-25-51-49)57-35-13-9-11-33(27-35)43-31-54-44(32-53-43)34-12-10-14-36(28-34)58-38-22-24-42-40-16-2-4-18-46(40)56(48(42)30-38)50-20-6-8-26-52-50/h1-32H. The molecule has 0 fully saturated rings. The summed E-state index contributed by atoms with van der Waals surface area (Å²) < 4.78 is 17.3. The van der Waals surface area contributed by atoms with Crippen LogP contribution < -0.4 is 9.47 Å². The van der Waals surface area contributed by atoms with E-state index in [0.717, 1.165) is 89.3 Å². The maximum atomic E-state index is 6.46. The molecule has 8 heteroatoms. The van der Waals surface area contributed by atoms with E-state index in [1.165, 1.54) is 0 Å². The summed E-state index contributed by atoms with van der Waals surface area (Å²) in [7, 11) is 0. The summed E-state index contributed by atoms with van der Waals surface area (Å²) in [6.07, 6.45) is 7.22. The molecule has 0 unspecified atom stereocenters. The molecule has 0 saturated carbocycles. The highest BCUT2D eigenvalue weighted by molar-refractivity contribution is 6.10. The third-order valence-corrected chi connectivity index (χ3v) is 10.4. The molecule has 8 nitrogen and oxygen atoms in total. The van der Waals surface area contributed by atoms with Crippen LogP contribution in [-0.2, 0) is 0 Å². The van der Waals surface area contributed by atoms with E-state index in [1.807, 2.05) is 109 Å². The van der Waals surface area contributed by atoms with Crippen LogP contribution >= 0.6 is 0 Å². The molecule has 5 heterocycles. The van der Waals surface area contributed by atoms with Crippen LogP contribution in [-0.4, -0.2) is 29.1 Å². The maximum absolute atomic E-state index is 6.46. The molecule has 0 spiro atoms. The second-order valence-corrected chi connectivity index (χ2v) is 14.0. The van der Waals surface area contributed by atoms with Crippen molar-refractivity contribution in [1.29, 1.82) is 0 Å². The van der Waals surface area contributed by atoms with Crippen molar-refractivity contribution >= 4 is 43.6 Å². The molecule has 0 aliphatic heterocycles. The molecular formula is C50H32N6O2. The second-order valence-electron chi connectivity index (χ2n) is 14.0. The van der Waals surface area contributed by atoms with Gasteiger partial charge in [-0.05, 0) is 84.9 Å². The Balaban J connectivity index is 0.849. The molecule has 274 valence electrons. The molecule has 6 aromatic carbocycles. The minimum atomic E-state index is 0.701. The van der Waals surface area contributed by atoms with Gasteiger partial charge in [-0.2, -0.15) is 0 Å². The highest BCUT2D eigenvalue weighted by Crippen LogP contribution is 2.37. The zero-order chi connectivity index (χ0) is 38.4. The molecule has 0 N–H and O–H groups in total. The Kier molecular flexibility index (Phi) is 7.96. The Hall–Kier alpha value is -8.10. The molecule has 0 atom stereocenters. The van der Waals surface area contributed by atoms with E-state index in [9.17, 15) is 0 Å². The molecular weight excluding hydrogens is 717 g/mol. The Bertz CT molecular complexity index is 3060. The lowest BCUT2D eigenvalue weighted by Crippen LogP contribution is -1.96. The Morgan fingerprint density at radius 1 is 0.328 bits per heavy atom. The van der Waals surface area contributed by atoms with E-state index in [0.29, 0.717) is 11.5 Å². The maximum Gasteiger partial charge on any atom is 0.137 e. The molecule has 11 rings (SSSR count). The van der Waals surface area contributed by atoms with Crippen molar-refractivity contribution in [1.82, 2.24) is 29.1 Å². The molecule has 0 amide bonds. The van der Waals surface area contributed by atoms with Crippen molar-refractivity contribution in [3.8, 4) is 57.1 Å². The number of aromatic nitrogens is 6. The SMILES string of the molecule is c1ccc(-n2c3ccccc3c3ccc(Oc4cccc(-c5cnc(-c6cccc(Oc7ccc8c9ccccc9n(-c9ccccn9)c8c7)c6)cn5)c4)cc32)nc1. The minimum Gasteiger partial charge on any atom is -0.457 e. The smallest absolute Gasteiger partial charge is 0.137 e. The van der Waals surface area contributed by atoms with Gasteiger partial charge in [0.2, 0.25) is 0 Å². The number of pyridine rings is 2. The minimum absolute atomic E-state index is 0.701. The van der Waals surface area contributed by atoms with Crippen LogP contribution in [0.2, 0.25) is 0 Å². The Morgan fingerprint density at radius 2 is 0.759 bits per heavy atom. The predicted molar refractivity (Wildman–Crippen MR) is 230 cm³/mol. The lowest BCUT2D eigenvalue weighted by Gasteiger charge is -2.11. The lowest BCUT2D eigenvalue weighted by molar-refractivity contribution is 0.483. The summed E-state index contributed by atoms with van der Waals surface area (Å²) >= 11 is 0. The molecule has 0 aliphatic carbocycles. The molecule has 0 radical (unpaired) electrons. The average Bonchev–Trinajstić information content (AvgIpc) is 3.79. The molecule has 0 saturated heterocycles. The number of para-hydroxylation sites is 2.